The number of aryl methyl sites for hydroxylation is 3. The summed E-state index contributed by atoms with van der Waals surface area (Å²) in [5.41, 5.74) is 11.2. The van der Waals surface area contributed by atoms with Gasteiger partial charge in [-0.05, 0) is 38.3 Å². The fourth-order valence-corrected chi connectivity index (χ4v) is 3.48. The number of carbonyl (C=O) groups is 1. The number of carbonyl (C=O) groups excluding carboxylic acids is 1. The van der Waals surface area contributed by atoms with Gasteiger partial charge in [0.2, 0.25) is 0 Å². The van der Waals surface area contributed by atoms with Gasteiger partial charge in [-0.3, -0.25) is 4.79 Å². The van der Waals surface area contributed by atoms with Crippen LogP contribution in [0.4, 0.5) is 5.00 Å². The smallest absolute Gasteiger partial charge is 0.254 e. The zero-order valence-corrected chi connectivity index (χ0v) is 13.9. The fourth-order valence-electron chi connectivity index (χ4n) is 2.54. The van der Waals surface area contributed by atoms with E-state index in [1.165, 1.54) is 22.5 Å². The minimum Gasteiger partial charge on any atom is -0.390 e. The number of rotatable bonds is 4. The summed E-state index contributed by atoms with van der Waals surface area (Å²) in [6.45, 7) is 8.86. The third-order valence-corrected chi connectivity index (χ3v) is 4.46. The van der Waals surface area contributed by atoms with Crippen molar-refractivity contribution in [2.75, 3.05) is 12.3 Å². The van der Waals surface area contributed by atoms with Gasteiger partial charge in [-0.2, -0.15) is 0 Å². The summed E-state index contributed by atoms with van der Waals surface area (Å²) in [6.07, 6.45) is 0.910. The lowest BCUT2D eigenvalue weighted by molar-refractivity contribution is 0.0955. The largest absolute Gasteiger partial charge is 0.390 e. The van der Waals surface area contributed by atoms with E-state index in [0.29, 0.717) is 17.1 Å². The van der Waals surface area contributed by atoms with Crippen molar-refractivity contribution in [3.05, 3.63) is 39.8 Å². The van der Waals surface area contributed by atoms with E-state index in [4.69, 9.17) is 5.73 Å². The minimum atomic E-state index is -0.0753. The Kier molecular flexibility index (Phi) is 4.68. The molecule has 112 valence electrons. The number of thiophene rings is 1. The number of amides is 1. The number of nitrogens with two attached hydrogens (primary N) is 1. The van der Waals surface area contributed by atoms with Crippen molar-refractivity contribution in [3.8, 4) is 11.1 Å². The monoisotopic (exact) mass is 302 g/mol. The molecule has 2 aromatic rings. The van der Waals surface area contributed by atoms with Gasteiger partial charge in [0.15, 0.2) is 0 Å². The second-order valence-electron chi connectivity index (χ2n) is 5.35. The highest BCUT2D eigenvalue weighted by molar-refractivity contribution is 7.16. The average Bonchev–Trinajstić information content (AvgIpc) is 2.71. The molecule has 1 aromatic heterocycles. The van der Waals surface area contributed by atoms with Gasteiger partial charge in [-0.15, -0.1) is 11.3 Å². The second-order valence-corrected chi connectivity index (χ2v) is 6.60. The van der Waals surface area contributed by atoms with Crippen molar-refractivity contribution in [3.63, 3.8) is 0 Å². The van der Waals surface area contributed by atoms with Crippen molar-refractivity contribution in [2.45, 2.75) is 34.1 Å². The van der Waals surface area contributed by atoms with Gasteiger partial charge < -0.3 is 11.1 Å². The molecule has 0 spiro atoms. The molecule has 0 atom stereocenters. The Morgan fingerprint density at radius 2 is 2.00 bits per heavy atom. The van der Waals surface area contributed by atoms with Gasteiger partial charge >= 0.3 is 0 Å². The standard InChI is InChI=1S/C17H22N2OS/c1-5-8-19-17(20)15-14(12(4)21-16(15)18)13-7-6-10(2)9-11(13)3/h6-7,9H,5,8,18H2,1-4H3,(H,19,20). The van der Waals surface area contributed by atoms with Crippen LogP contribution in [0.1, 0.15) is 39.7 Å². The minimum absolute atomic E-state index is 0.0753. The first-order chi connectivity index (χ1) is 9.95. The number of nitrogen functional groups attached to an aromatic ring is 1. The van der Waals surface area contributed by atoms with Crippen LogP contribution in [0.2, 0.25) is 0 Å². The molecule has 2 rings (SSSR count). The first-order valence-electron chi connectivity index (χ1n) is 7.20. The highest BCUT2D eigenvalue weighted by atomic mass is 32.1. The van der Waals surface area contributed by atoms with Crippen molar-refractivity contribution < 1.29 is 4.79 Å². The number of nitrogens with one attached hydrogen (secondary N) is 1. The molecule has 0 bridgehead atoms. The van der Waals surface area contributed by atoms with Crippen LogP contribution in [-0.2, 0) is 0 Å². The van der Waals surface area contributed by atoms with E-state index in [1.807, 2.05) is 13.8 Å². The maximum atomic E-state index is 12.4. The van der Waals surface area contributed by atoms with Crippen LogP contribution in [0.5, 0.6) is 0 Å². The van der Waals surface area contributed by atoms with Crippen molar-refractivity contribution in [1.29, 1.82) is 0 Å². The lowest BCUT2D eigenvalue weighted by Gasteiger charge is -2.11. The van der Waals surface area contributed by atoms with Gasteiger partial charge in [0.1, 0.15) is 0 Å². The Hall–Kier alpha value is -1.81. The Bertz CT molecular complexity index is 674. The molecule has 0 aliphatic rings. The lowest BCUT2D eigenvalue weighted by Crippen LogP contribution is -2.24. The average molecular weight is 302 g/mol. The van der Waals surface area contributed by atoms with E-state index < -0.39 is 0 Å². The van der Waals surface area contributed by atoms with Crippen LogP contribution in [0, 0.1) is 20.8 Å². The molecule has 0 saturated carbocycles. The fraction of sp³-hybridized carbons (Fsp3) is 0.353. The van der Waals surface area contributed by atoms with Crippen LogP contribution < -0.4 is 11.1 Å². The summed E-state index contributed by atoms with van der Waals surface area (Å²) in [6, 6.07) is 6.29. The summed E-state index contributed by atoms with van der Waals surface area (Å²) < 4.78 is 0. The highest BCUT2D eigenvalue weighted by Crippen LogP contribution is 2.39. The molecule has 3 N–H and O–H groups in total. The Morgan fingerprint density at radius 1 is 1.29 bits per heavy atom. The molecule has 21 heavy (non-hydrogen) atoms. The van der Waals surface area contributed by atoms with E-state index in [2.05, 4.69) is 37.4 Å². The summed E-state index contributed by atoms with van der Waals surface area (Å²) >= 11 is 1.48. The SMILES string of the molecule is CCCNC(=O)c1c(N)sc(C)c1-c1ccc(C)cc1C. The Balaban J connectivity index is 2.55. The molecule has 1 heterocycles. The lowest BCUT2D eigenvalue weighted by atomic mass is 9.95. The van der Waals surface area contributed by atoms with Crippen molar-refractivity contribution in [2.24, 2.45) is 0 Å². The zero-order chi connectivity index (χ0) is 15.6. The van der Waals surface area contributed by atoms with Gasteiger partial charge in [-0.1, -0.05) is 30.7 Å². The first-order valence-corrected chi connectivity index (χ1v) is 8.02. The van der Waals surface area contributed by atoms with E-state index in [1.54, 1.807) is 0 Å². The van der Waals surface area contributed by atoms with E-state index >= 15 is 0 Å². The third-order valence-electron chi connectivity index (χ3n) is 3.53. The summed E-state index contributed by atoms with van der Waals surface area (Å²) in [7, 11) is 0. The molecule has 0 saturated heterocycles. The molecule has 0 aliphatic heterocycles. The van der Waals surface area contributed by atoms with Gasteiger partial charge in [0, 0.05) is 17.0 Å². The van der Waals surface area contributed by atoms with Gasteiger partial charge in [0.25, 0.3) is 5.91 Å². The normalized spacial score (nSPS) is 10.7. The molecule has 0 fully saturated rings. The number of hydrogen-bond donors (Lipinski definition) is 2. The summed E-state index contributed by atoms with van der Waals surface area (Å²) in [4.78, 5) is 13.5. The molecule has 1 aromatic carbocycles. The van der Waals surface area contributed by atoms with Crippen molar-refractivity contribution >= 4 is 22.2 Å². The topological polar surface area (TPSA) is 55.1 Å². The third kappa shape index (κ3) is 3.10. The van der Waals surface area contributed by atoms with Crippen LogP contribution in [0.15, 0.2) is 18.2 Å². The van der Waals surface area contributed by atoms with E-state index in [0.717, 1.165) is 22.4 Å². The Labute approximate surface area is 130 Å². The number of hydrogen-bond acceptors (Lipinski definition) is 3. The zero-order valence-electron chi connectivity index (χ0n) is 13.0. The van der Waals surface area contributed by atoms with Crippen molar-refractivity contribution in [1.82, 2.24) is 5.32 Å². The predicted molar refractivity (Wildman–Crippen MR) is 91.0 cm³/mol. The molecular weight excluding hydrogens is 280 g/mol. The molecule has 0 radical (unpaired) electrons. The van der Waals surface area contributed by atoms with Gasteiger partial charge in [-0.25, -0.2) is 0 Å². The van der Waals surface area contributed by atoms with E-state index in [9.17, 15) is 4.79 Å². The molecule has 1 amide bonds. The van der Waals surface area contributed by atoms with Crippen LogP contribution in [-0.4, -0.2) is 12.5 Å². The predicted octanol–water partition coefficient (Wildman–Crippen LogP) is 4.06. The molecule has 3 nitrogen and oxygen atoms in total. The van der Waals surface area contributed by atoms with Gasteiger partial charge in [0.05, 0.1) is 10.6 Å². The molecule has 4 heteroatoms. The maximum absolute atomic E-state index is 12.4. The second kappa shape index (κ2) is 6.31. The maximum Gasteiger partial charge on any atom is 0.254 e. The Morgan fingerprint density at radius 3 is 2.62 bits per heavy atom. The summed E-state index contributed by atoms with van der Waals surface area (Å²) in [5.74, 6) is -0.0753. The van der Waals surface area contributed by atoms with E-state index in [-0.39, 0.29) is 5.91 Å². The molecular formula is C17H22N2OS. The van der Waals surface area contributed by atoms with Crippen LogP contribution in [0.25, 0.3) is 11.1 Å². The van der Waals surface area contributed by atoms with Crippen LogP contribution >= 0.6 is 11.3 Å². The number of benzene rings is 1. The number of anilines is 1. The molecule has 0 aliphatic carbocycles. The summed E-state index contributed by atoms with van der Waals surface area (Å²) in [5, 5.41) is 3.53. The highest BCUT2D eigenvalue weighted by Gasteiger charge is 2.22. The van der Waals surface area contributed by atoms with Crippen LogP contribution in [0.3, 0.4) is 0 Å². The molecule has 0 unspecified atom stereocenters. The quantitative estimate of drug-likeness (QED) is 0.894. The first kappa shape index (κ1) is 15.6.